The summed E-state index contributed by atoms with van der Waals surface area (Å²) >= 11 is 0. The van der Waals surface area contributed by atoms with Crippen molar-refractivity contribution < 1.29 is 19.8 Å². The Labute approximate surface area is 90.7 Å². The number of hydrogen-bond acceptors (Lipinski definition) is 4. The molecule has 1 spiro atoms. The lowest BCUT2D eigenvalue weighted by Gasteiger charge is -2.22. The number of aliphatic carboxylic acids is 2. The lowest BCUT2D eigenvalue weighted by atomic mass is 9.88. The van der Waals surface area contributed by atoms with Crippen LogP contribution in [0.2, 0.25) is 0 Å². The third-order valence-electron chi connectivity index (χ3n) is 4.69. The number of carbonyl (C=O) groups is 2. The van der Waals surface area contributed by atoms with Crippen molar-refractivity contribution in [1.82, 2.24) is 0 Å². The van der Waals surface area contributed by atoms with Gasteiger partial charge in [0.1, 0.15) is 5.54 Å². The van der Waals surface area contributed by atoms with Crippen LogP contribution in [0.5, 0.6) is 0 Å². The summed E-state index contributed by atoms with van der Waals surface area (Å²) in [6.07, 6.45) is 0.231. The van der Waals surface area contributed by atoms with Gasteiger partial charge in [0.05, 0.1) is 17.9 Å². The summed E-state index contributed by atoms with van der Waals surface area (Å²) in [5.41, 5.74) is 3.71. The van der Waals surface area contributed by atoms with Gasteiger partial charge in [-0.25, -0.2) is 0 Å². The van der Waals surface area contributed by atoms with Crippen LogP contribution < -0.4 is 5.73 Å². The van der Waals surface area contributed by atoms with E-state index >= 15 is 0 Å². The highest BCUT2D eigenvalue weighted by Crippen LogP contribution is 2.89. The number of hydrogen-bond donors (Lipinski definition) is 3. The van der Waals surface area contributed by atoms with Crippen molar-refractivity contribution in [3.63, 3.8) is 0 Å². The van der Waals surface area contributed by atoms with Gasteiger partial charge in [0.15, 0.2) is 0 Å². The summed E-state index contributed by atoms with van der Waals surface area (Å²) in [5, 5.41) is 27.0. The van der Waals surface area contributed by atoms with Crippen LogP contribution >= 0.6 is 0 Å². The maximum atomic E-state index is 11.1. The van der Waals surface area contributed by atoms with Crippen LogP contribution in [0.3, 0.4) is 0 Å². The molecule has 84 valence electrons. The smallest absolute Gasteiger partial charge is 0.324 e. The van der Waals surface area contributed by atoms with E-state index in [1.165, 1.54) is 0 Å². The lowest BCUT2D eigenvalue weighted by Crippen LogP contribution is -2.50. The molecule has 0 aromatic heterocycles. The first-order chi connectivity index (χ1) is 7.42. The zero-order chi connectivity index (χ0) is 11.9. The summed E-state index contributed by atoms with van der Waals surface area (Å²) in [7, 11) is 0. The van der Waals surface area contributed by atoms with E-state index in [4.69, 9.17) is 21.2 Å². The fraction of sp³-hybridized carbons (Fsp3) is 0.700. The van der Waals surface area contributed by atoms with Gasteiger partial charge < -0.3 is 15.9 Å². The second-order valence-electron chi connectivity index (χ2n) is 5.06. The quantitative estimate of drug-likeness (QED) is 0.565. The van der Waals surface area contributed by atoms with E-state index in [0.717, 1.165) is 0 Å². The lowest BCUT2D eigenvalue weighted by molar-refractivity contribution is -0.145. The predicted molar refractivity (Wildman–Crippen MR) is 48.8 cm³/mol. The highest BCUT2D eigenvalue weighted by molar-refractivity contribution is 5.88. The standard InChI is InChI=1S/C10H10N2O4/c11-2-4-3-1-9(12,8(15)16)6-5(7(13)14)10(3,4)6/h3-6H,1,12H2,(H,13,14)(H,15,16)/t3?,4?,5-,6-,9+,10-/m1/s1. The maximum Gasteiger partial charge on any atom is 0.324 e. The summed E-state index contributed by atoms with van der Waals surface area (Å²) in [6, 6.07) is 2.07. The molecule has 3 aliphatic carbocycles. The van der Waals surface area contributed by atoms with Gasteiger partial charge >= 0.3 is 11.9 Å². The molecule has 0 aliphatic heterocycles. The summed E-state index contributed by atoms with van der Waals surface area (Å²) in [4.78, 5) is 22.1. The van der Waals surface area contributed by atoms with E-state index in [1.54, 1.807) is 0 Å². The van der Waals surface area contributed by atoms with E-state index in [0.29, 0.717) is 0 Å². The van der Waals surface area contributed by atoms with E-state index in [-0.39, 0.29) is 18.3 Å². The molecule has 6 heteroatoms. The minimum atomic E-state index is -1.44. The molecule has 0 aromatic carbocycles. The average Bonchev–Trinajstić information content (AvgIpc) is 3.01. The Bertz CT molecular complexity index is 470. The monoisotopic (exact) mass is 222 g/mol. The first kappa shape index (κ1) is 9.60. The Morgan fingerprint density at radius 2 is 2.06 bits per heavy atom. The van der Waals surface area contributed by atoms with Crippen LogP contribution in [0.15, 0.2) is 0 Å². The third kappa shape index (κ3) is 0.659. The molecular formula is C10H10N2O4. The Kier molecular flexibility index (Phi) is 1.34. The summed E-state index contributed by atoms with van der Waals surface area (Å²) < 4.78 is 0. The second-order valence-corrected chi connectivity index (χ2v) is 5.06. The van der Waals surface area contributed by atoms with Crippen molar-refractivity contribution >= 4 is 11.9 Å². The molecule has 16 heavy (non-hydrogen) atoms. The molecule has 2 unspecified atom stereocenters. The van der Waals surface area contributed by atoms with Crippen LogP contribution in [-0.4, -0.2) is 27.7 Å². The molecule has 0 aromatic rings. The van der Waals surface area contributed by atoms with E-state index < -0.39 is 34.7 Å². The average molecular weight is 222 g/mol. The molecule has 3 fully saturated rings. The van der Waals surface area contributed by atoms with Crippen LogP contribution in [0, 0.1) is 40.4 Å². The molecule has 6 atom stereocenters. The Morgan fingerprint density at radius 3 is 2.50 bits per heavy atom. The second kappa shape index (κ2) is 2.23. The van der Waals surface area contributed by atoms with Crippen molar-refractivity contribution in [2.24, 2.45) is 34.8 Å². The molecule has 0 saturated heterocycles. The van der Waals surface area contributed by atoms with Gasteiger partial charge in [-0.3, -0.25) is 9.59 Å². The first-order valence-electron chi connectivity index (χ1n) is 5.07. The van der Waals surface area contributed by atoms with Gasteiger partial charge in [0.2, 0.25) is 0 Å². The molecule has 3 aliphatic rings. The Morgan fingerprint density at radius 1 is 1.44 bits per heavy atom. The van der Waals surface area contributed by atoms with Gasteiger partial charge in [-0.1, -0.05) is 0 Å². The fourth-order valence-electron chi connectivity index (χ4n) is 4.09. The normalized spacial score (nSPS) is 55.8. The number of carboxylic acids is 2. The largest absolute Gasteiger partial charge is 0.481 e. The molecule has 4 N–H and O–H groups in total. The van der Waals surface area contributed by atoms with E-state index in [1.807, 2.05) is 0 Å². The minimum absolute atomic E-state index is 0.135. The first-order valence-corrected chi connectivity index (χ1v) is 5.07. The molecule has 3 rings (SSSR count). The van der Waals surface area contributed by atoms with Gasteiger partial charge in [0, 0.05) is 11.3 Å². The molecule has 0 bridgehead atoms. The van der Waals surface area contributed by atoms with Crippen molar-refractivity contribution in [2.75, 3.05) is 0 Å². The van der Waals surface area contributed by atoms with Crippen molar-refractivity contribution in [3.05, 3.63) is 0 Å². The summed E-state index contributed by atoms with van der Waals surface area (Å²) in [6.45, 7) is 0. The SMILES string of the molecule is N#CC1C2C[C@@](N)(C(=O)O)[C@H]3[C@H](C(=O)O)[C@]123. The highest BCUT2D eigenvalue weighted by Gasteiger charge is 2.95. The molecule has 0 heterocycles. The Hall–Kier alpha value is -1.61. The number of nitriles is 1. The number of rotatable bonds is 2. The van der Waals surface area contributed by atoms with Crippen molar-refractivity contribution in [1.29, 1.82) is 5.26 Å². The number of nitrogens with zero attached hydrogens (tertiary/aromatic N) is 1. The van der Waals surface area contributed by atoms with Gasteiger partial charge in [-0.05, 0) is 12.3 Å². The van der Waals surface area contributed by atoms with Crippen molar-refractivity contribution in [2.45, 2.75) is 12.0 Å². The summed E-state index contributed by atoms with van der Waals surface area (Å²) in [5.74, 6) is -3.92. The molecule has 3 saturated carbocycles. The van der Waals surface area contributed by atoms with Gasteiger partial charge in [-0.2, -0.15) is 5.26 Å². The third-order valence-corrected chi connectivity index (χ3v) is 4.69. The molecule has 0 amide bonds. The van der Waals surface area contributed by atoms with Gasteiger partial charge in [0.25, 0.3) is 0 Å². The highest BCUT2D eigenvalue weighted by atomic mass is 16.4. The van der Waals surface area contributed by atoms with E-state index in [9.17, 15) is 9.59 Å². The minimum Gasteiger partial charge on any atom is -0.481 e. The van der Waals surface area contributed by atoms with E-state index in [2.05, 4.69) is 6.07 Å². The number of carboxylic acid groups (broad SMARTS) is 2. The molecular weight excluding hydrogens is 212 g/mol. The van der Waals surface area contributed by atoms with Gasteiger partial charge in [-0.15, -0.1) is 0 Å². The maximum absolute atomic E-state index is 11.1. The topological polar surface area (TPSA) is 124 Å². The van der Waals surface area contributed by atoms with Crippen LogP contribution in [0.1, 0.15) is 6.42 Å². The van der Waals surface area contributed by atoms with Crippen LogP contribution in [-0.2, 0) is 9.59 Å². The zero-order valence-corrected chi connectivity index (χ0v) is 8.25. The predicted octanol–water partition coefficient (Wildman–Crippen LogP) is -0.741. The zero-order valence-electron chi connectivity index (χ0n) is 8.25. The Balaban J connectivity index is 2.00. The number of nitrogens with two attached hydrogens (primary N) is 1. The molecule has 0 radical (unpaired) electrons. The van der Waals surface area contributed by atoms with Crippen molar-refractivity contribution in [3.8, 4) is 6.07 Å². The molecule has 6 nitrogen and oxygen atoms in total. The van der Waals surface area contributed by atoms with Crippen LogP contribution in [0.25, 0.3) is 0 Å². The van der Waals surface area contributed by atoms with Crippen LogP contribution in [0.4, 0.5) is 0 Å². The fourth-order valence-corrected chi connectivity index (χ4v) is 4.09.